The number of ether oxygens (including phenoxy) is 1. The Bertz CT molecular complexity index is 901. The van der Waals surface area contributed by atoms with Crippen molar-refractivity contribution in [1.29, 1.82) is 0 Å². The van der Waals surface area contributed by atoms with Crippen molar-refractivity contribution in [1.82, 2.24) is 15.3 Å². The van der Waals surface area contributed by atoms with Gasteiger partial charge < -0.3 is 19.9 Å². The second kappa shape index (κ2) is 8.04. The van der Waals surface area contributed by atoms with Gasteiger partial charge in [-0.3, -0.25) is 4.79 Å². The average Bonchev–Trinajstić information content (AvgIpc) is 3.15. The minimum atomic E-state index is -2.65. The SMILES string of the molecule is CC(=O)N[C@@H](C)c1ccc(O[C@@H]2CCN(c3ccnc(N4CC(F)(F)C4)n3)C2)cc1. The van der Waals surface area contributed by atoms with Gasteiger partial charge in [0, 0.05) is 26.1 Å². The number of aromatic nitrogens is 2. The van der Waals surface area contributed by atoms with E-state index in [1.54, 1.807) is 12.3 Å². The molecular formula is C21H25F2N5O2. The summed E-state index contributed by atoms with van der Waals surface area (Å²) in [5.41, 5.74) is 1.01. The maximum absolute atomic E-state index is 13.1. The first-order chi connectivity index (χ1) is 14.3. The largest absolute Gasteiger partial charge is 0.489 e. The van der Waals surface area contributed by atoms with Crippen LogP contribution >= 0.6 is 0 Å². The van der Waals surface area contributed by atoms with E-state index in [0.29, 0.717) is 12.5 Å². The lowest BCUT2D eigenvalue weighted by Gasteiger charge is -2.38. The van der Waals surface area contributed by atoms with E-state index in [1.165, 1.54) is 11.8 Å². The number of carbonyl (C=O) groups is 1. The van der Waals surface area contributed by atoms with Gasteiger partial charge in [-0.15, -0.1) is 0 Å². The van der Waals surface area contributed by atoms with Crippen LogP contribution in [0.4, 0.5) is 20.5 Å². The maximum atomic E-state index is 13.1. The van der Waals surface area contributed by atoms with E-state index in [4.69, 9.17) is 4.74 Å². The molecule has 0 unspecified atom stereocenters. The third kappa shape index (κ3) is 4.60. The van der Waals surface area contributed by atoms with E-state index < -0.39 is 5.92 Å². The van der Waals surface area contributed by atoms with Crippen molar-refractivity contribution in [2.45, 2.75) is 38.3 Å². The number of alkyl halides is 2. The Labute approximate surface area is 174 Å². The zero-order valence-corrected chi connectivity index (χ0v) is 17.0. The van der Waals surface area contributed by atoms with E-state index in [1.807, 2.05) is 31.2 Å². The molecule has 160 valence electrons. The van der Waals surface area contributed by atoms with Crippen LogP contribution in [0.2, 0.25) is 0 Å². The highest BCUT2D eigenvalue weighted by Crippen LogP contribution is 2.31. The molecule has 2 atom stereocenters. The van der Waals surface area contributed by atoms with E-state index in [2.05, 4.69) is 20.2 Å². The highest BCUT2D eigenvalue weighted by Gasteiger charge is 2.45. The summed E-state index contributed by atoms with van der Waals surface area (Å²) in [6.45, 7) is 4.20. The zero-order valence-electron chi connectivity index (χ0n) is 17.0. The lowest BCUT2D eigenvalue weighted by molar-refractivity contribution is -0.119. The normalized spacial score (nSPS) is 21.1. The van der Waals surface area contributed by atoms with Gasteiger partial charge in [-0.2, -0.15) is 4.98 Å². The molecule has 0 saturated carbocycles. The number of amides is 1. The van der Waals surface area contributed by atoms with Crippen molar-refractivity contribution in [2.24, 2.45) is 0 Å². The second-order valence-corrected chi connectivity index (χ2v) is 7.89. The van der Waals surface area contributed by atoms with Gasteiger partial charge in [-0.25, -0.2) is 13.8 Å². The molecular weight excluding hydrogens is 392 g/mol. The Hall–Kier alpha value is -2.97. The van der Waals surface area contributed by atoms with Crippen LogP contribution < -0.4 is 19.9 Å². The van der Waals surface area contributed by atoms with Gasteiger partial charge in [0.25, 0.3) is 5.92 Å². The fourth-order valence-corrected chi connectivity index (χ4v) is 3.77. The lowest BCUT2D eigenvalue weighted by atomic mass is 10.1. The monoisotopic (exact) mass is 417 g/mol. The molecule has 30 heavy (non-hydrogen) atoms. The third-order valence-corrected chi connectivity index (χ3v) is 5.33. The summed E-state index contributed by atoms with van der Waals surface area (Å²) in [5, 5.41) is 2.86. The van der Waals surface area contributed by atoms with Crippen LogP contribution in [0.3, 0.4) is 0 Å². The summed E-state index contributed by atoms with van der Waals surface area (Å²) in [7, 11) is 0. The number of anilines is 2. The van der Waals surface area contributed by atoms with E-state index in [0.717, 1.165) is 30.1 Å². The average molecular weight is 417 g/mol. The number of nitrogens with zero attached hydrogens (tertiary/aromatic N) is 4. The van der Waals surface area contributed by atoms with E-state index in [-0.39, 0.29) is 31.1 Å². The van der Waals surface area contributed by atoms with Crippen LogP contribution in [0, 0.1) is 0 Å². The summed E-state index contributed by atoms with van der Waals surface area (Å²) >= 11 is 0. The molecule has 7 nitrogen and oxygen atoms in total. The molecule has 2 saturated heterocycles. The predicted octanol–water partition coefficient (Wildman–Crippen LogP) is 2.79. The van der Waals surface area contributed by atoms with Gasteiger partial charge in [-0.1, -0.05) is 12.1 Å². The highest BCUT2D eigenvalue weighted by molar-refractivity contribution is 5.73. The molecule has 4 rings (SSSR count). The summed E-state index contributed by atoms with van der Waals surface area (Å²) in [4.78, 5) is 23.3. The van der Waals surface area contributed by atoms with Crippen molar-refractivity contribution < 1.29 is 18.3 Å². The maximum Gasteiger partial charge on any atom is 0.282 e. The zero-order chi connectivity index (χ0) is 21.3. The van der Waals surface area contributed by atoms with Crippen molar-refractivity contribution in [2.75, 3.05) is 36.0 Å². The fraction of sp³-hybridized carbons (Fsp3) is 0.476. The summed E-state index contributed by atoms with van der Waals surface area (Å²) in [6, 6.07) is 9.44. The Morgan fingerprint density at radius 1 is 1.23 bits per heavy atom. The molecule has 2 aliphatic heterocycles. The number of hydrogen-bond acceptors (Lipinski definition) is 6. The number of benzene rings is 1. The van der Waals surface area contributed by atoms with Crippen LogP contribution in [0.1, 0.15) is 31.9 Å². The molecule has 3 heterocycles. The summed E-state index contributed by atoms with van der Waals surface area (Å²) in [6.07, 6.45) is 2.46. The minimum absolute atomic E-state index is 0.00961. The standard InChI is InChI=1S/C21H25F2N5O2/c1-14(25-15(2)29)16-3-5-17(6-4-16)30-18-8-10-27(11-18)19-7-9-24-20(26-19)28-12-21(22,23)13-28/h3-7,9,14,18H,8,10-13H2,1-2H3,(H,25,29)/t14-,18+/m0/s1. The molecule has 1 aromatic heterocycles. The molecule has 1 amide bonds. The highest BCUT2D eigenvalue weighted by atomic mass is 19.3. The van der Waals surface area contributed by atoms with E-state index >= 15 is 0 Å². The smallest absolute Gasteiger partial charge is 0.282 e. The van der Waals surface area contributed by atoms with Gasteiger partial charge in [0.2, 0.25) is 11.9 Å². The third-order valence-electron chi connectivity index (χ3n) is 5.33. The van der Waals surface area contributed by atoms with Crippen LogP contribution in [-0.4, -0.2) is 54.1 Å². The molecule has 0 radical (unpaired) electrons. The fourth-order valence-electron chi connectivity index (χ4n) is 3.77. The van der Waals surface area contributed by atoms with Crippen molar-refractivity contribution in [3.63, 3.8) is 0 Å². The minimum Gasteiger partial charge on any atom is -0.489 e. The number of carbonyl (C=O) groups excluding carboxylic acids is 1. The molecule has 1 aromatic carbocycles. The number of nitrogens with one attached hydrogen (secondary N) is 1. The number of halogens is 2. The van der Waals surface area contributed by atoms with Gasteiger partial charge in [0.1, 0.15) is 17.7 Å². The summed E-state index contributed by atoms with van der Waals surface area (Å²) < 4.78 is 32.3. The predicted molar refractivity (Wildman–Crippen MR) is 109 cm³/mol. The Kier molecular flexibility index (Phi) is 5.44. The first-order valence-electron chi connectivity index (χ1n) is 10.0. The molecule has 1 N–H and O–H groups in total. The molecule has 0 aliphatic carbocycles. The van der Waals surface area contributed by atoms with Gasteiger partial charge in [0.05, 0.1) is 25.7 Å². The van der Waals surface area contributed by atoms with Crippen LogP contribution in [0.15, 0.2) is 36.5 Å². The van der Waals surface area contributed by atoms with Gasteiger partial charge in [-0.05, 0) is 30.7 Å². The van der Waals surface area contributed by atoms with Gasteiger partial charge in [0.15, 0.2) is 0 Å². The van der Waals surface area contributed by atoms with E-state index in [9.17, 15) is 13.6 Å². The number of hydrogen-bond donors (Lipinski definition) is 1. The lowest BCUT2D eigenvalue weighted by Crippen LogP contribution is -2.57. The summed E-state index contributed by atoms with van der Waals surface area (Å²) in [5.74, 6) is -0.884. The Morgan fingerprint density at radius 3 is 2.63 bits per heavy atom. The topological polar surface area (TPSA) is 70.6 Å². The molecule has 2 aromatic rings. The van der Waals surface area contributed by atoms with Crippen LogP contribution in [0.5, 0.6) is 5.75 Å². The second-order valence-electron chi connectivity index (χ2n) is 7.89. The van der Waals surface area contributed by atoms with Gasteiger partial charge >= 0.3 is 0 Å². The molecule has 0 spiro atoms. The quantitative estimate of drug-likeness (QED) is 0.780. The molecule has 2 aliphatic rings. The van der Waals surface area contributed by atoms with Crippen molar-refractivity contribution >= 4 is 17.7 Å². The van der Waals surface area contributed by atoms with Crippen molar-refractivity contribution in [3.8, 4) is 5.75 Å². The Balaban J connectivity index is 1.33. The van der Waals surface area contributed by atoms with Crippen LogP contribution in [0.25, 0.3) is 0 Å². The first kappa shape index (κ1) is 20.3. The Morgan fingerprint density at radius 2 is 1.97 bits per heavy atom. The molecule has 9 heteroatoms. The molecule has 0 bridgehead atoms. The number of rotatable bonds is 6. The molecule has 2 fully saturated rings. The van der Waals surface area contributed by atoms with Crippen LogP contribution in [-0.2, 0) is 4.79 Å². The van der Waals surface area contributed by atoms with Crippen molar-refractivity contribution in [3.05, 3.63) is 42.1 Å². The first-order valence-corrected chi connectivity index (χ1v) is 10.0.